The van der Waals surface area contributed by atoms with E-state index in [0.717, 1.165) is 34.0 Å². The van der Waals surface area contributed by atoms with Crippen LogP contribution in [0.4, 0.5) is 8.78 Å². The predicted octanol–water partition coefficient (Wildman–Crippen LogP) is 5.19. The van der Waals surface area contributed by atoms with E-state index in [9.17, 15) is 18.4 Å². The maximum absolute atomic E-state index is 14.7. The van der Waals surface area contributed by atoms with Crippen molar-refractivity contribution in [3.8, 4) is 5.69 Å². The van der Waals surface area contributed by atoms with E-state index in [4.69, 9.17) is 0 Å². The van der Waals surface area contributed by atoms with Crippen LogP contribution in [-0.4, -0.2) is 32.2 Å². The molecule has 0 saturated carbocycles. The Morgan fingerprint density at radius 1 is 1.03 bits per heavy atom. The number of thioether (sulfide) groups is 1. The molecule has 1 amide bonds. The SMILES string of the molecule is CC(C)N(Cc1ccccc1)C(=O)CSc1nc2ccccc2c(=O)n1-c1ccc(F)cc1F. The van der Waals surface area contributed by atoms with Crippen molar-refractivity contribution in [1.82, 2.24) is 14.5 Å². The number of carbonyl (C=O) groups is 1. The fourth-order valence-corrected chi connectivity index (χ4v) is 4.52. The van der Waals surface area contributed by atoms with E-state index in [0.29, 0.717) is 17.4 Å². The summed E-state index contributed by atoms with van der Waals surface area (Å²) in [6.07, 6.45) is 0. The van der Waals surface area contributed by atoms with Gasteiger partial charge in [0.1, 0.15) is 11.6 Å². The van der Waals surface area contributed by atoms with Gasteiger partial charge in [0.25, 0.3) is 5.56 Å². The number of aromatic nitrogens is 2. The number of para-hydroxylation sites is 1. The van der Waals surface area contributed by atoms with Crippen LogP contribution in [0, 0.1) is 11.6 Å². The Morgan fingerprint density at radius 3 is 2.44 bits per heavy atom. The summed E-state index contributed by atoms with van der Waals surface area (Å²) >= 11 is 1.05. The Morgan fingerprint density at radius 2 is 1.74 bits per heavy atom. The van der Waals surface area contributed by atoms with Crippen molar-refractivity contribution in [1.29, 1.82) is 0 Å². The number of rotatable bonds is 7. The molecule has 0 radical (unpaired) electrons. The summed E-state index contributed by atoms with van der Waals surface area (Å²) < 4.78 is 29.3. The lowest BCUT2D eigenvalue weighted by molar-refractivity contribution is -0.130. The summed E-state index contributed by atoms with van der Waals surface area (Å²) in [5.74, 6) is -1.78. The fourth-order valence-electron chi connectivity index (χ4n) is 3.63. The van der Waals surface area contributed by atoms with Gasteiger partial charge in [-0.15, -0.1) is 0 Å². The number of benzene rings is 3. The molecule has 1 aromatic heterocycles. The lowest BCUT2D eigenvalue weighted by Crippen LogP contribution is -2.37. The molecule has 1 heterocycles. The monoisotopic (exact) mass is 479 g/mol. The minimum absolute atomic E-state index is 0.00138. The minimum atomic E-state index is -0.889. The van der Waals surface area contributed by atoms with E-state index in [1.54, 1.807) is 29.2 Å². The van der Waals surface area contributed by atoms with Crippen LogP contribution in [0.5, 0.6) is 0 Å². The van der Waals surface area contributed by atoms with Crippen molar-refractivity contribution in [3.05, 3.63) is 100 Å². The van der Waals surface area contributed by atoms with Gasteiger partial charge in [0.05, 0.1) is 22.3 Å². The molecule has 4 aromatic rings. The van der Waals surface area contributed by atoms with Gasteiger partial charge in [-0.05, 0) is 43.7 Å². The molecular formula is C26H23F2N3O2S. The van der Waals surface area contributed by atoms with Crippen LogP contribution in [0.25, 0.3) is 16.6 Å². The summed E-state index contributed by atoms with van der Waals surface area (Å²) in [7, 11) is 0. The average molecular weight is 480 g/mol. The highest BCUT2D eigenvalue weighted by Crippen LogP contribution is 2.24. The van der Waals surface area contributed by atoms with Crippen molar-refractivity contribution in [2.24, 2.45) is 0 Å². The second kappa shape index (κ2) is 10.2. The summed E-state index contributed by atoms with van der Waals surface area (Å²) in [4.78, 5) is 32.7. The highest BCUT2D eigenvalue weighted by molar-refractivity contribution is 7.99. The zero-order valence-corrected chi connectivity index (χ0v) is 19.6. The molecule has 0 spiro atoms. The molecule has 4 rings (SSSR count). The Balaban J connectivity index is 1.69. The first-order valence-corrected chi connectivity index (χ1v) is 11.8. The number of hydrogen-bond donors (Lipinski definition) is 0. The molecule has 174 valence electrons. The van der Waals surface area contributed by atoms with E-state index >= 15 is 0 Å². The third-order valence-corrected chi connectivity index (χ3v) is 6.28. The Hall–Kier alpha value is -3.52. The smallest absolute Gasteiger partial charge is 0.266 e. The molecule has 3 aromatic carbocycles. The normalized spacial score (nSPS) is 11.2. The lowest BCUT2D eigenvalue weighted by atomic mass is 10.2. The molecule has 0 aliphatic rings. The van der Waals surface area contributed by atoms with Crippen LogP contribution in [0.15, 0.2) is 82.7 Å². The van der Waals surface area contributed by atoms with Crippen LogP contribution in [0.1, 0.15) is 19.4 Å². The molecule has 0 unspecified atom stereocenters. The molecule has 0 saturated heterocycles. The molecule has 0 fully saturated rings. The first-order valence-electron chi connectivity index (χ1n) is 10.8. The number of halogens is 2. The molecule has 0 N–H and O–H groups in total. The van der Waals surface area contributed by atoms with Gasteiger partial charge in [0.15, 0.2) is 5.16 Å². The van der Waals surface area contributed by atoms with Gasteiger partial charge >= 0.3 is 0 Å². The molecular weight excluding hydrogens is 456 g/mol. The number of carbonyl (C=O) groups excluding carboxylic acids is 1. The van der Waals surface area contributed by atoms with E-state index < -0.39 is 17.2 Å². The summed E-state index contributed by atoms with van der Waals surface area (Å²) in [5.41, 5.74) is 0.829. The maximum Gasteiger partial charge on any atom is 0.266 e. The predicted molar refractivity (Wildman–Crippen MR) is 130 cm³/mol. The maximum atomic E-state index is 14.7. The van der Waals surface area contributed by atoms with Crippen molar-refractivity contribution < 1.29 is 13.6 Å². The first-order chi connectivity index (χ1) is 16.3. The van der Waals surface area contributed by atoms with Gasteiger partial charge in [-0.1, -0.05) is 54.2 Å². The average Bonchev–Trinajstić information content (AvgIpc) is 2.82. The molecule has 0 bridgehead atoms. The molecule has 34 heavy (non-hydrogen) atoms. The second-order valence-corrected chi connectivity index (χ2v) is 8.98. The highest BCUT2D eigenvalue weighted by atomic mass is 32.2. The standard InChI is InChI=1S/C26H23F2N3O2S/c1-17(2)30(15-18-8-4-3-5-9-18)24(32)16-34-26-29-22-11-7-6-10-20(22)25(33)31(26)23-13-12-19(27)14-21(23)28/h3-14,17H,15-16H2,1-2H3. The van der Waals surface area contributed by atoms with Gasteiger partial charge in [-0.25, -0.2) is 13.8 Å². The Kier molecular flexibility index (Phi) is 7.07. The van der Waals surface area contributed by atoms with Crippen molar-refractivity contribution in [2.45, 2.75) is 31.6 Å². The largest absolute Gasteiger partial charge is 0.335 e. The molecule has 0 aliphatic heterocycles. The minimum Gasteiger partial charge on any atom is -0.335 e. The third kappa shape index (κ3) is 5.02. The van der Waals surface area contributed by atoms with Gasteiger partial charge in [-0.3, -0.25) is 14.2 Å². The van der Waals surface area contributed by atoms with Gasteiger partial charge < -0.3 is 4.90 Å². The molecule has 8 heteroatoms. The van der Waals surface area contributed by atoms with Crippen LogP contribution in [-0.2, 0) is 11.3 Å². The lowest BCUT2D eigenvalue weighted by Gasteiger charge is -2.27. The van der Waals surface area contributed by atoms with Crippen molar-refractivity contribution >= 4 is 28.6 Å². The van der Waals surface area contributed by atoms with Gasteiger partial charge in [-0.2, -0.15) is 0 Å². The molecule has 0 aliphatic carbocycles. The van der Waals surface area contributed by atoms with Crippen LogP contribution < -0.4 is 5.56 Å². The van der Waals surface area contributed by atoms with E-state index in [-0.39, 0.29) is 28.5 Å². The van der Waals surface area contributed by atoms with Gasteiger partial charge in [0.2, 0.25) is 5.91 Å². The van der Waals surface area contributed by atoms with Crippen LogP contribution >= 0.6 is 11.8 Å². The van der Waals surface area contributed by atoms with Crippen molar-refractivity contribution in [2.75, 3.05) is 5.75 Å². The van der Waals surface area contributed by atoms with E-state index in [1.807, 2.05) is 44.2 Å². The van der Waals surface area contributed by atoms with E-state index in [1.165, 1.54) is 6.07 Å². The fraction of sp³-hybridized carbons (Fsp3) is 0.192. The van der Waals surface area contributed by atoms with Gasteiger partial charge in [0, 0.05) is 18.7 Å². The number of hydrogen-bond acceptors (Lipinski definition) is 4. The topological polar surface area (TPSA) is 55.2 Å². The molecule has 5 nitrogen and oxygen atoms in total. The van der Waals surface area contributed by atoms with Crippen LogP contribution in [0.2, 0.25) is 0 Å². The van der Waals surface area contributed by atoms with Crippen molar-refractivity contribution in [3.63, 3.8) is 0 Å². The zero-order valence-electron chi connectivity index (χ0n) is 18.7. The quantitative estimate of drug-likeness (QED) is 0.270. The Bertz CT molecular complexity index is 1390. The highest BCUT2D eigenvalue weighted by Gasteiger charge is 2.21. The summed E-state index contributed by atoms with van der Waals surface area (Å²) in [6, 6.07) is 19.3. The van der Waals surface area contributed by atoms with E-state index in [2.05, 4.69) is 4.98 Å². The second-order valence-electron chi connectivity index (χ2n) is 8.04. The van der Waals surface area contributed by atoms with Crippen LogP contribution in [0.3, 0.4) is 0 Å². The first kappa shape index (κ1) is 23.6. The Labute approximate surface area is 200 Å². The third-order valence-electron chi connectivity index (χ3n) is 5.36. The molecule has 0 atom stereocenters. The zero-order chi connectivity index (χ0) is 24.2. The summed E-state index contributed by atoms with van der Waals surface area (Å²) in [6.45, 7) is 4.32. The summed E-state index contributed by atoms with van der Waals surface area (Å²) in [5, 5.41) is 0.459. The number of fused-ring (bicyclic) bond motifs is 1. The number of nitrogens with zero attached hydrogens (tertiary/aromatic N) is 3. The number of amides is 1.